The summed E-state index contributed by atoms with van der Waals surface area (Å²) in [4.78, 5) is 0. The van der Waals surface area contributed by atoms with Crippen LogP contribution in [0.5, 0.6) is 0 Å². The lowest BCUT2D eigenvalue weighted by atomic mass is 9.95. The van der Waals surface area contributed by atoms with Gasteiger partial charge in [0.2, 0.25) is 0 Å². The van der Waals surface area contributed by atoms with Crippen LogP contribution in [0.4, 0.5) is 0 Å². The third kappa shape index (κ3) is 4.31. The molecule has 11 heavy (non-hydrogen) atoms. The maximum absolute atomic E-state index is 9.43. The summed E-state index contributed by atoms with van der Waals surface area (Å²) in [6, 6.07) is 0. The zero-order valence-corrected chi connectivity index (χ0v) is 6.53. The van der Waals surface area contributed by atoms with Crippen LogP contribution < -0.4 is 0 Å². The van der Waals surface area contributed by atoms with Crippen LogP contribution in [-0.2, 0) is 0 Å². The first-order valence-electron chi connectivity index (χ1n) is 3.73. The Morgan fingerprint density at radius 3 is 1.91 bits per heavy atom. The van der Waals surface area contributed by atoms with Gasteiger partial charge in [0, 0.05) is 19.6 Å². The van der Waals surface area contributed by atoms with Crippen molar-refractivity contribution in [2.75, 3.05) is 19.8 Å². The van der Waals surface area contributed by atoms with Crippen molar-refractivity contribution in [1.29, 1.82) is 0 Å². The molecular weight excluding hydrogens is 148 g/mol. The second kappa shape index (κ2) is 5.49. The largest absolute Gasteiger partial charge is 0.396 e. The summed E-state index contributed by atoms with van der Waals surface area (Å²) < 4.78 is 0. The first kappa shape index (κ1) is 10.8. The molecule has 0 aliphatic rings. The zero-order valence-electron chi connectivity index (χ0n) is 6.53. The Balaban J connectivity index is 3.68. The monoisotopic (exact) mass is 164 g/mol. The first-order chi connectivity index (χ1) is 5.18. The fourth-order valence-electron chi connectivity index (χ4n) is 0.899. The SMILES string of the molecule is OCCCC(O)(CO)CCO. The molecular formula is C7H16O4. The van der Waals surface area contributed by atoms with Crippen molar-refractivity contribution in [2.45, 2.75) is 24.9 Å². The average molecular weight is 164 g/mol. The van der Waals surface area contributed by atoms with Gasteiger partial charge in [0.25, 0.3) is 0 Å². The molecule has 0 aliphatic carbocycles. The molecule has 0 rings (SSSR count). The van der Waals surface area contributed by atoms with Crippen LogP contribution >= 0.6 is 0 Å². The van der Waals surface area contributed by atoms with E-state index in [1.54, 1.807) is 0 Å². The van der Waals surface area contributed by atoms with Crippen LogP contribution in [0, 0.1) is 0 Å². The van der Waals surface area contributed by atoms with Crippen molar-refractivity contribution < 1.29 is 20.4 Å². The fraction of sp³-hybridized carbons (Fsp3) is 1.00. The van der Waals surface area contributed by atoms with Crippen molar-refractivity contribution in [3.05, 3.63) is 0 Å². The number of hydrogen-bond acceptors (Lipinski definition) is 4. The van der Waals surface area contributed by atoms with E-state index in [0.717, 1.165) is 0 Å². The molecule has 1 unspecified atom stereocenters. The molecule has 0 fully saturated rings. The van der Waals surface area contributed by atoms with Crippen molar-refractivity contribution in [3.63, 3.8) is 0 Å². The maximum Gasteiger partial charge on any atom is 0.0900 e. The highest BCUT2D eigenvalue weighted by atomic mass is 16.3. The maximum atomic E-state index is 9.43. The molecule has 0 aromatic rings. The van der Waals surface area contributed by atoms with E-state index in [-0.39, 0.29) is 26.2 Å². The standard InChI is InChI=1S/C7H16O4/c8-4-1-2-7(11,6-10)3-5-9/h8-11H,1-6H2. The lowest BCUT2D eigenvalue weighted by molar-refractivity contribution is -0.0414. The van der Waals surface area contributed by atoms with E-state index in [1.165, 1.54) is 0 Å². The summed E-state index contributed by atoms with van der Waals surface area (Å²) in [6.45, 7) is -0.524. The van der Waals surface area contributed by atoms with Gasteiger partial charge in [-0.05, 0) is 12.8 Å². The quantitative estimate of drug-likeness (QED) is 0.400. The molecule has 0 aromatic heterocycles. The van der Waals surface area contributed by atoms with Gasteiger partial charge >= 0.3 is 0 Å². The summed E-state index contributed by atoms with van der Waals surface area (Å²) in [7, 11) is 0. The van der Waals surface area contributed by atoms with Gasteiger partial charge in [-0.3, -0.25) is 0 Å². The Morgan fingerprint density at radius 2 is 1.55 bits per heavy atom. The molecule has 0 spiro atoms. The van der Waals surface area contributed by atoms with Crippen molar-refractivity contribution >= 4 is 0 Å². The van der Waals surface area contributed by atoms with E-state index >= 15 is 0 Å². The first-order valence-corrected chi connectivity index (χ1v) is 3.73. The number of aliphatic hydroxyl groups excluding tert-OH is 3. The molecule has 1 atom stereocenters. The highest BCUT2D eigenvalue weighted by Gasteiger charge is 2.24. The second-order valence-corrected chi connectivity index (χ2v) is 2.68. The second-order valence-electron chi connectivity index (χ2n) is 2.68. The molecule has 0 saturated heterocycles. The summed E-state index contributed by atoms with van der Waals surface area (Å²) in [5, 5.41) is 35.1. The minimum absolute atomic E-state index is 0.00621. The molecule has 0 saturated carbocycles. The van der Waals surface area contributed by atoms with Gasteiger partial charge in [0.05, 0.1) is 12.2 Å². The predicted octanol–water partition coefficient (Wildman–Crippen LogP) is -1.14. The van der Waals surface area contributed by atoms with Crippen LogP contribution in [0.3, 0.4) is 0 Å². The normalized spacial score (nSPS) is 16.4. The summed E-state index contributed by atoms with van der Waals surface area (Å²) in [5.41, 5.74) is -1.21. The molecule has 0 aromatic carbocycles. The Morgan fingerprint density at radius 1 is 0.909 bits per heavy atom. The van der Waals surface area contributed by atoms with E-state index in [9.17, 15) is 5.11 Å². The third-order valence-corrected chi connectivity index (χ3v) is 1.67. The number of aliphatic hydroxyl groups is 4. The molecule has 0 aliphatic heterocycles. The van der Waals surface area contributed by atoms with E-state index in [0.29, 0.717) is 12.8 Å². The van der Waals surface area contributed by atoms with E-state index in [1.807, 2.05) is 0 Å². The van der Waals surface area contributed by atoms with Crippen molar-refractivity contribution in [1.82, 2.24) is 0 Å². The molecule has 0 amide bonds. The summed E-state index contributed by atoms with van der Waals surface area (Å²) in [5.74, 6) is 0. The molecule has 4 N–H and O–H groups in total. The Labute approximate surface area is 66.1 Å². The van der Waals surface area contributed by atoms with Gasteiger partial charge in [-0.2, -0.15) is 0 Å². The van der Waals surface area contributed by atoms with Gasteiger partial charge in [-0.1, -0.05) is 0 Å². The minimum atomic E-state index is -1.21. The van der Waals surface area contributed by atoms with Gasteiger partial charge < -0.3 is 20.4 Å². The molecule has 0 heterocycles. The van der Waals surface area contributed by atoms with E-state index < -0.39 is 5.60 Å². The van der Waals surface area contributed by atoms with Crippen LogP contribution in [0.1, 0.15) is 19.3 Å². The van der Waals surface area contributed by atoms with Gasteiger partial charge in [0.15, 0.2) is 0 Å². The smallest absolute Gasteiger partial charge is 0.0900 e. The molecule has 0 radical (unpaired) electrons. The third-order valence-electron chi connectivity index (χ3n) is 1.67. The molecule has 0 bridgehead atoms. The molecule has 68 valence electrons. The summed E-state index contributed by atoms with van der Waals surface area (Å²) >= 11 is 0. The Hall–Kier alpha value is -0.160. The van der Waals surface area contributed by atoms with Gasteiger partial charge in [0.1, 0.15) is 0 Å². The Bertz CT molecular complexity index is 96.4. The van der Waals surface area contributed by atoms with Gasteiger partial charge in [-0.15, -0.1) is 0 Å². The fourth-order valence-corrected chi connectivity index (χ4v) is 0.899. The van der Waals surface area contributed by atoms with Crippen molar-refractivity contribution in [3.8, 4) is 0 Å². The highest BCUT2D eigenvalue weighted by Crippen LogP contribution is 2.15. The van der Waals surface area contributed by atoms with E-state index in [4.69, 9.17) is 15.3 Å². The molecule has 4 heteroatoms. The van der Waals surface area contributed by atoms with E-state index in [2.05, 4.69) is 0 Å². The average Bonchev–Trinajstić information content (AvgIpc) is 2.02. The number of hydrogen-bond donors (Lipinski definition) is 4. The van der Waals surface area contributed by atoms with Crippen LogP contribution in [0.15, 0.2) is 0 Å². The van der Waals surface area contributed by atoms with Crippen molar-refractivity contribution in [2.24, 2.45) is 0 Å². The van der Waals surface area contributed by atoms with Gasteiger partial charge in [-0.25, -0.2) is 0 Å². The lowest BCUT2D eigenvalue weighted by Crippen LogP contribution is -2.34. The Kier molecular flexibility index (Phi) is 5.41. The highest BCUT2D eigenvalue weighted by molar-refractivity contribution is 4.76. The number of rotatable bonds is 6. The van der Waals surface area contributed by atoms with Crippen LogP contribution in [-0.4, -0.2) is 45.8 Å². The predicted molar refractivity (Wildman–Crippen MR) is 40.1 cm³/mol. The molecule has 4 nitrogen and oxygen atoms in total. The minimum Gasteiger partial charge on any atom is -0.396 e. The topological polar surface area (TPSA) is 80.9 Å². The van der Waals surface area contributed by atoms with Crippen LogP contribution in [0.2, 0.25) is 0 Å². The lowest BCUT2D eigenvalue weighted by Gasteiger charge is -2.24. The zero-order chi connectivity index (χ0) is 8.74. The summed E-state index contributed by atoms with van der Waals surface area (Å²) in [6.07, 6.45) is 0.918. The van der Waals surface area contributed by atoms with Crippen LogP contribution in [0.25, 0.3) is 0 Å².